The number of aryl methyl sites for hydroxylation is 1. The molecule has 0 radical (unpaired) electrons. The largest absolute Gasteiger partial charge is 0.481 e. The van der Waals surface area contributed by atoms with Crippen LogP contribution in [0.2, 0.25) is 0 Å². The maximum absolute atomic E-state index is 11.0. The molecule has 0 unspecified atom stereocenters. The SMILES string of the molecule is Cc1c(CC(=O)O)c2cc3c(cc2n1C)CN(C)C3. The third kappa shape index (κ3) is 1.83. The van der Waals surface area contributed by atoms with Gasteiger partial charge in [0.05, 0.1) is 6.42 Å². The molecule has 2 heterocycles. The van der Waals surface area contributed by atoms with E-state index in [9.17, 15) is 4.79 Å². The number of rotatable bonds is 2. The molecule has 1 aliphatic heterocycles. The zero-order valence-corrected chi connectivity index (χ0v) is 11.5. The van der Waals surface area contributed by atoms with Crippen molar-refractivity contribution in [3.8, 4) is 0 Å². The van der Waals surface area contributed by atoms with Crippen molar-refractivity contribution in [2.24, 2.45) is 7.05 Å². The molecule has 0 spiro atoms. The van der Waals surface area contributed by atoms with Crippen LogP contribution in [0.5, 0.6) is 0 Å². The summed E-state index contributed by atoms with van der Waals surface area (Å²) in [5, 5.41) is 10.2. The summed E-state index contributed by atoms with van der Waals surface area (Å²) in [5.41, 5.74) is 5.82. The molecule has 100 valence electrons. The molecule has 2 aromatic rings. The van der Waals surface area contributed by atoms with Crippen LogP contribution in [0.1, 0.15) is 22.4 Å². The van der Waals surface area contributed by atoms with Gasteiger partial charge >= 0.3 is 5.97 Å². The van der Waals surface area contributed by atoms with E-state index in [4.69, 9.17) is 5.11 Å². The van der Waals surface area contributed by atoms with E-state index < -0.39 is 5.97 Å². The average Bonchev–Trinajstić information content (AvgIpc) is 2.79. The van der Waals surface area contributed by atoms with Gasteiger partial charge in [0, 0.05) is 36.7 Å². The molecule has 1 aromatic heterocycles. The first-order chi connectivity index (χ1) is 8.97. The van der Waals surface area contributed by atoms with Gasteiger partial charge in [-0.2, -0.15) is 0 Å². The summed E-state index contributed by atoms with van der Waals surface area (Å²) in [6.07, 6.45) is 0.0950. The van der Waals surface area contributed by atoms with Gasteiger partial charge in [-0.05, 0) is 42.8 Å². The van der Waals surface area contributed by atoms with E-state index in [-0.39, 0.29) is 6.42 Å². The van der Waals surface area contributed by atoms with Gasteiger partial charge in [0.15, 0.2) is 0 Å². The molecule has 1 N–H and O–H groups in total. The zero-order chi connectivity index (χ0) is 13.7. The second-order valence-electron chi connectivity index (χ2n) is 5.50. The zero-order valence-electron chi connectivity index (χ0n) is 11.5. The first-order valence-corrected chi connectivity index (χ1v) is 6.47. The third-order valence-electron chi connectivity index (χ3n) is 4.15. The fourth-order valence-corrected chi connectivity index (χ4v) is 3.08. The molecule has 0 bridgehead atoms. The van der Waals surface area contributed by atoms with Gasteiger partial charge in [-0.3, -0.25) is 9.69 Å². The van der Waals surface area contributed by atoms with Gasteiger partial charge in [0.1, 0.15) is 0 Å². The van der Waals surface area contributed by atoms with Crippen LogP contribution in [0, 0.1) is 6.92 Å². The van der Waals surface area contributed by atoms with Crippen LogP contribution in [-0.2, 0) is 31.4 Å². The Bertz CT molecular complexity index is 685. The first kappa shape index (κ1) is 12.2. The summed E-state index contributed by atoms with van der Waals surface area (Å²) in [7, 11) is 4.11. The monoisotopic (exact) mass is 258 g/mol. The Balaban J connectivity index is 2.24. The molecule has 0 atom stereocenters. The maximum Gasteiger partial charge on any atom is 0.307 e. The number of carbonyl (C=O) groups is 1. The lowest BCUT2D eigenvalue weighted by atomic mass is 10.0. The predicted molar refractivity (Wildman–Crippen MR) is 74.2 cm³/mol. The topological polar surface area (TPSA) is 45.5 Å². The van der Waals surface area contributed by atoms with Crippen LogP contribution < -0.4 is 0 Å². The van der Waals surface area contributed by atoms with Crippen LogP contribution in [0.3, 0.4) is 0 Å². The van der Waals surface area contributed by atoms with Gasteiger partial charge in [-0.15, -0.1) is 0 Å². The van der Waals surface area contributed by atoms with Crippen LogP contribution in [0.25, 0.3) is 10.9 Å². The van der Waals surface area contributed by atoms with Gasteiger partial charge in [-0.25, -0.2) is 0 Å². The average molecular weight is 258 g/mol. The quantitative estimate of drug-likeness (QED) is 0.896. The predicted octanol–water partition coefficient (Wildman–Crippen LogP) is 2.06. The molecule has 0 aliphatic carbocycles. The highest BCUT2D eigenvalue weighted by atomic mass is 16.4. The number of carboxylic acid groups (broad SMARTS) is 1. The summed E-state index contributed by atoms with van der Waals surface area (Å²) < 4.78 is 2.10. The Hall–Kier alpha value is -1.81. The van der Waals surface area contributed by atoms with Crippen LogP contribution in [0.4, 0.5) is 0 Å². The lowest BCUT2D eigenvalue weighted by molar-refractivity contribution is -0.136. The standard InChI is InChI=1S/C15H18N2O2/c1-9-12(6-15(18)19)13-4-10-7-16(2)8-11(10)5-14(13)17(9)3/h4-5H,6-8H2,1-3H3,(H,18,19). The molecule has 3 rings (SSSR count). The molecular weight excluding hydrogens is 240 g/mol. The van der Waals surface area contributed by atoms with E-state index in [1.54, 1.807) is 0 Å². The van der Waals surface area contributed by atoms with Crippen molar-refractivity contribution in [1.82, 2.24) is 9.47 Å². The number of aliphatic carboxylic acids is 1. The Morgan fingerprint density at radius 1 is 1.26 bits per heavy atom. The highest BCUT2D eigenvalue weighted by Crippen LogP contribution is 2.32. The fraction of sp³-hybridized carbons (Fsp3) is 0.400. The number of hydrogen-bond donors (Lipinski definition) is 1. The van der Waals surface area contributed by atoms with Crippen molar-refractivity contribution in [2.75, 3.05) is 7.05 Å². The van der Waals surface area contributed by atoms with Crippen LogP contribution in [0.15, 0.2) is 12.1 Å². The highest BCUT2D eigenvalue weighted by Gasteiger charge is 2.21. The Morgan fingerprint density at radius 2 is 1.89 bits per heavy atom. The minimum Gasteiger partial charge on any atom is -0.481 e. The summed E-state index contributed by atoms with van der Waals surface area (Å²) in [5.74, 6) is -0.770. The second kappa shape index (κ2) is 4.10. The van der Waals surface area contributed by atoms with Gasteiger partial charge < -0.3 is 9.67 Å². The summed E-state index contributed by atoms with van der Waals surface area (Å²) >= 11 is 0. The lowest BCUT2D eigenvalue weighted by Crippen LogP contribution is -2.07. The molecular formula is C15H18N2O2. The number of nitrogens with zero attached hydrogens (tertiary/aromatic N) is 2. The van der Waals surface area contributed by atoms with E-state index in [2.05, 4.69) is 28.6 Å². The van der Waals surface area contributed by atoms with Crippen molar-refractivity contribution in [1.29, 1.82) is 0 Å². The smallest absolute Gasteiger partial charge is 0.307 e. The molecule has 19 heavy (non-hydrogen) atoms. The third-order valence-corrected chi connectivity index (χ3v) is 4.15. The van der Waals surface area contributed by atoms with E-state index in [0.29, 0.717) is 0 Å². The Labute approximate surface area is 112 Å². The molecule has 1 aromatic carbocycles. The van der Waals surface area contributed by atoms with Crippen LogP contribution in [-0.4, -0.2) is 27.6 Å². The number of hydrogen-bond acceptors (Lipinski definition) is 2. The Morgan fingerprint density at radius 3 is 2.53 bits per heavy atom. The van der Waals surface area contributed by atoms with Crippen molar-refractivity contribution < 1.29 is 9.90 Å². The fourth-order valence-electron chi connectivity index (χ4n) is 3.08. The number of benzene rings is 1. The van der Waals surface area contributed by atoms with Crippen molar-refractivity contribution in [3.05, 3.63) is 34.5 Å². The number of fused-ring (bicyclic) bond motifs is 2. The highest BCUT2D eigenvalue weighted by molar-refractivity contribution is 5.90. The lowest BCUT2D eigenvalue weighted by Gasteiger charge is -2.03. The summed E-state index contributed by atoms with van der Waals surface area (Å²) in [4.78, 5) is 13.3. The van der Waals surface area contributed by atoms with Crippen molar-refractivity contribution >= 4 is 16.9 Å². The van der Waals surface area contributed by atoms with E-state index in [0.717, 1.165) is 35.2 Å². The number of aromatic nitrogens is 1. The summed E-state index contributed by atoms with van der Waals surface area (Å²) in [6, 6.07) is 4.39. The van der Waals surface area contributed by atoms with Crippen LogP contribution >= 0.6 is 0 Å². The van der Waals surface area contributed by atoms with E-state index in [1.165, 1.54) is 11.1 Å². The minimum absolute atomic E-state index is 0.0950. The molecule has 0 fully saturated rings. The molecule has 0 saturated heterocycles. The molecule has 4 nitrogen and oxygen atoms in total. The summed E-state index contributed by atoms with van der Waals surface area (Å²) in [6.45, 7) is 3.92. The second-order valence-corrected chi connectivity index (χ2v) is 5.50. The van der Waals surface area contributed by atoms with Crippen molar-refractivity contribution in [2.45, 2.75) is 26.4 Å². The molecule has 1 aliphatic rings. The minimum atomic E-state index is -0.770. The molecule has 0 saturated carbocycles. The normalized spacial score (nSPS) is 15.1. The maximum atomic E-state index is 11.0. The van der Waals surface area contributed by atoms with Gasteiger partial charge in [0.25, 0.3) is 0 Å². The number of carboxylic acids is 1. The van der Waals surface area contributed by atoms with Gasteiger partial charge in [0.2, 0.25) is 0 Å². The van der Waals surface area contributed by atoms with E-state index >= 15 is 0 Å². The van der Waals surface area contributed by atoms with E-state index in [1.807, 2.05) is 14.0 Å². The molecule has 0 amide bonds. The first-order valence-electron chi connectivity index (χ1n) is 6.47. The Kier molecular flexibility index (Phi) is 2.64. The molecule has 4 heteroatoms. The van der Waals surface area contributed by atoms with Crippen molar-refractivity contribution in [3.63, 3.8) is 0 Å². The van der Waals surface area contributed by atoms with Gasteiger partial charge in [-0.1, -0.05) is 0 Å².